The molecule has 7 rings (SSSR count). The van der Waals surface area contributed by atoms with Gasteiger partial charge in [0.05, 0.1) is 16.5 Å². The van der Waals surface area contributed by atoms with Crippen LogP contribution < -0.4 is 9.46 Å². The molecule has 2 aromatic carbocycles. The quantitative estimate of drug-likeness (QED) is 0.202. The molecule has 50 heavy (non-hydrogen) atoms. The molecule has 12 heteroatoms. The van der Waals surface area contributed by atoms with Gasteiger partial charge in [-0.15, -0.1) is 0 Å². The van der Waals surface area contributed by atoms with E-state index in [4.69, 9.17) is 4.74 Å². The Bertz CT molecular complexity index is 2000. The highest BCUT2D eigenvalue weighted by atomic mass is 32.2. The molecule has 4 aromatic rings. The van der Waals surface area contributed by atoms with E-state index in [9.17, 15) is 18.0 Å². The lowest BCUT2D eigenvalue weighted by molar-refractivity contribution is -0.133. The number of nitrogens with zero attached hydrogens (tertiary/aromatic N) is 4. The van der Waals surface area contributed by atoms with Crippen LogP contribution in [0.4, 0.5) is 4.39 Å². The predicted molar refractivity (Wildman–Crippen MR) is 190 cm³/mol. The minimum atomic E-state index is -3.77. The summed E-state index contributed by atoms with van der Waals surface area (Å²) in [5.74, 6) is -0.567. The number of nitrogens with one attached hydrogen (secondary N) is 1. The van der Waals surface area contributed by atoms with Gasteiger partial charge in [0.1, 0.15) is 18.1 Å². The number of fused-ring (bicyclic) bond motifs is 1. The number of aromatic nitrogens is 2. The molecule has 2 aromatic heterocycles. The zero-order valence-corrected chi connectivity index (χ0v) is 29.4. The Morgan fingerprint density at radius 1 is 0.960 bits per heavy atom. The van der Waals surface area contributed by atoms with Gasteiger partial charge >= 0.3 is 0 Å². The summed E-state index contributed by atoms with van der Waals surface area (Å²) in [5, 5.41) is 0.282. The molecule has 3 aliphatic rings. The summed E-state index contributed by atoms with van der Waals surface area (Å²) in [4.78, 5) is 35.8. The number of hydrogen-bond donors (Lipinski definition) is 1. The van der Waals surface area contributed by atoms with Gasteiger partial charge in [0.25, 0.3) is 5.91 Å². The lowest BCUT2D eigenvalue weighted by Crippen LogP contribution is -2.51. The van der Waals surface area contributed by atoms with Crippen molar-refractivity contribution >= 4 is 32.7 Å². The summed E-state index contributed by atoms with van der Waals surface area (Å²) < 4.78 is 51.7. The largest absolute Gasteiger partial charge is 0.439 e. The van der Waals surface area contributed by atoms with E-state index in [1.807, 2.05) is 15.5 Å². The fraction of sp³-hybridized carbons (Fsp3) is 0.447. The number of rotatable bonds is 10. The van der Waals surface area contributed by atoms with Crippen LogP contribution in [0.1, 0.15) is 80.6 Å². The molecule has 10 nitrogen and oxygen atoms in total. The van der Waals surface area contributed by atoms with E-state index < -0.39 is 27.0 Å². The summed E-state index contributed by atoms with van der Waals surface area (Å²) in [7, 11) is -3.77. The molecule has 2 amide bonds. The van der Waals surface area contributed by atoms with Crippen molar-refractivity contribution in [2.75, 3.05) is 26.2 Å². The molecule has 2 saturated carbocycles. The van der Waals surface area contributed by atoms with Gasteiger partial charge in [0.15, 0.2) is 0 Å². The Hall–Kier alpha value is -4.29. The maximum Gasteiger partial charge on any atom is 0.264 e. The normalized spacial score (nSPS) is 17.7. The number of hydrogen-bond acceptors (Lipinski definition) is 7. The van der Waals surface area contributed by atoms with Gasteiger partial charge in [0, 0.05) is 67.1 Å². The second-order valence-electron chi connectivity index (χ2n) is 14.0. The van der Waals surface area contributed by atoms with Crippen LogP contribution in [0.5, 0.6) is 11.6 Å². The van der Waals surface area contributed by atoms with E-state index in [2.05, 4.69) is 28.5 Å². The highest BCUT2D eigenvalue weighted by Crippen LogP contribution is 2.45. The molecule has 0 unspecified atom stereocenters. The monoisotopic (exact) mass is 701 g/mol. The first kappa shape index (κ1) is 34.2. The topological polar surface area (TPSA) is 114 Å². The Morgan fingerprint density at radius 2 is 1.72 bits per heavy atom. The van der Waals surface area contributed by atoms with Crippen LogP contribution in [0.2, 0.25) is 0 Å². The van der Waals surface area contributed by atoms with E-state index in [1.165, 1.54) is 6.07 Å². The molecule has 0 atom stereocenters. The zero-order chi connectivity index (χ0) is 35.0. The Kier molecular flexibility index (Phi) is 9.67. The average molecular weight is 702 g/mol. The minimum Gasteiger partial charge on any atom is -0.439 e. The van der Waals surface area contributed by atoms with Gasteiger partial charge in [-0.2, -0.15) is 0 Å². The summed E-state index contributed by atoms with van der Waals surface area (Å²) in [5.41, 5.74) is 2.65. The molecule has 264 valence electrons. The first-order chi connectivity index (χ1) is 24.1. The first-order valence-electron chi connectivity index (χ1n) is 17.7. The molecular weight excluding hydrogens is 658 g/mol. The Labute approximate surface area is 292 Å². The van der Waals surface area contributed by atoms with Gasteiger partial charge in [-0.25, -0.2) is 22.5 Å². The minimum absolute atomic E-state index is 0.0582. The maximum absolute atomic E-state index is 16.4. The van der Waals surface area contributed by atoms with Crippen molar-refractivity contribution in [1.29, 1.82) is 0 Å². The van der Waals surface area contributed by atoms with Crippen molar-refractivity contribution in [2.24, 2.45) is 0 Å². The van der Waals surface area contributed by atoms with Crippen molar-refractivity contribution in [2.45, 2.75) is 82.5 Å². The number of carbonyl (C=O) groups is 2. The van der Waals surface area contributed by atoms with Gasteiger partial charge in [-0.3, -0.25) is 14.5 Å². The lowest BCUT2D eigenvalue weighted by Gasteiger charge is -2.37. The zero-order valence-electron chi connectivity index (χ0n) is 28.6. The van der Waals surface area contributed by atoms with E-state index in [-0.39, 0.29) is 23.9 Å². The third-order valence-corrected chi connectivity index (χ3v) is 12.1. The van der Waals surface area contributed by atoms with Crippen LogP contribution in [0, 0.1) is 5.82 Å². The molecule has 0 spiro atoms. The molecular formula is C38H44FN5O5S. The van der Waals surface area contributed by atoms with Crippen LogP contribution in [0.15, 0.2) is 60.8 Å². The number of piperazine rings is 1. The summed E-state index contributed by atoms with van der Waals surface area (Å²) >= 11 is 0. The Morgan fingerprint density at radius 3 is 2.38 bits per heavy atom. The van der Waals surface area contributed by atoms with Gasteiger partial charge in [-0.05, 0) is 81.3 Å². The van der Waals surface area contributed by atoms with Crippen molar-refractivity contribution in [3.8, 4) is 22.9 Å². The lowest BCUT2D eigenvalue weighted by atomic mass is 9.81. The van der Waals surface area contributed by atoms with Crippen LogP contribution >= 0.6 is 0 Å². The van der Waals surface area contributed by atoms with Crippen molar-refractivity contribution < 1.29 is 27.1 Å². The highest BCUT2D eigenvalue weighted by Gasteiger charge is 2.37. The first-order valence-corrected chi connectivity index (χ1v) is 19.3. The second-order valence-corrected chi connectivity index (χ2v) is 16.0. The molecule has 1 saturated heterocycles. The van der Waals surface area contributed by atoms with E-state index in [1.54, 1.807) is 48.7 Å². The summed E-state index contributed by atoms with van der Waals surface area (Å²) in [6, 6.07) is 15.5. The molecule has 3 fully saturated rings. The SMILES string of the molecule is CC(C)N1CCN(C(=O)Cn2c(-c3ccc(Oc4ccccn4)cc3F)c(C3CCCCC3)c3ccc(C(=O)NS(=O)(=O)C4CC4)cc32)CC1. The van der Waals surface area contributed by atoms with E-state index >= 15 is 4.39 Å². The number of sulfonamides is 1. The fourth-order valence-corrected chi connectivity index (χ4v) is 8.73. The van der Waals surface area contributed by atoms with Gasteiger partial charge < -0.3 is 14.2 Å². The smallest absolute Gasteiger partial charge is 0.264 e. The number of halogens is 1. The highest BCUT2D eigenvalue weighted by molar-refractivity contribution is 7.91. The summed E-state index contributed by atoms with van der Waals surface area (Å²) in [6.07, 6.45) is 7.70. The maximum atomic E-state index is 16.4. The number of benzene rings is 2. The van der Waals surface area contributed by atoms with Gasteiger partial charge in [0.2, 0.25) is 21.8 Å². The van der Waals surface area contributed by atoms with Crippen LogP contribution in [-0.4, -0.2) is 77.1 Å². The Balaban J connectivity index is 1.34. The number of carbonyl (C=O) groups excluding carboxylic acids is 2. The molecule has 1 N–H and O–H groups in total. The predicted octanol–water partition coefficient (Wildman–Crippen LogP) is 6.46. The molecule has 2 aliphatic carbocycles. The standard InChI is InChI=1S/C38H44FN5O5S/c1-25(2)42-18-20-43(21-19-42)35(45)24-44-33-22-27(38(46)41-50(47,48)29-13-14-29)11-15-31(33)36(26-8-4-3-5-9-26)37(44)30-16-12-28(23-32(30)39)49-34-10-6-7-17-40-34/h6-7,10-12,15-17,22-23,25-26,29H,3-5,8-9,13-14,18-21,24H2,1-2H3,(H,41,46). The number of amides is 2. The third kappa shape index (κ3) is 7.14. The van der Waals surface area contributed by atoms with E-state index in [0.717, 1.165) is 56.1 Å². The van der Waals surface area contributed by atoms with Crippen molar-refractivity contribution in [3.05, 3.63) is 77.7 Å². The summed E-state index contributed by atoms with van der Waals surface area (Å²) in [6.45, 7) is 6.94. The average Bonchev–Trinajstić information content (AvgIpc) is 3.94. The van der Waals surface area contributed by atoms with Gasteiger partial charge in [-0.1, -0.05) is 31.4 Å². The molecule has 3 heterocycles. The fourth-order valence-electron chi connectivity index (χ4n) is 7.43. The van der Waals surface area contributed by atoms with Crippen molar-refractivity contribution in [1.82, 2.24) is 24.1 Å². The van der Waals surface area contributed by atoms with Crippen LogP contribution in [-0.2, 0) is 21.4 Å². The number of pyridine rings is 1. The van der Waals surface area contributed by atoms with Crippen LogP contribution in [0.25, 0.3) is 22.2 Å². The van der Waals surface area contributed by atoms with Crippen molar-refractivity contribution in [3.63, 3.8) is 0 Å². The van der Waals surface area contributed by atoms with E-state index in [0.29, 0.717) is 60.4 Å². The molecule has 0 radical (unpaired) electrons. The second kappa shape index (κ2) is 14.1. The molecule has 0 bridgehead atoms. The third-order valence-electron chi connectivity index (χ3n) is 10.3. The number of ether oxygens (including phenoxy) is 1. The molecule has 1 aliphatic heterocycles. The van der Waals surface area contributed by atoms with Crippen LogP contribution in [0.3, 0.4) is 0 Å².